The predicted molar refractivity (Wildman–Crippen MR) is 70.4 cm³/mol. The van der Waals surface area contributed by atoms with Gasteiger partial charge in [-0.2, -0.15) is 0 Å². The molecular formula is C13H17N3O2. The van der Waals surface area contributed by atoms with Gasteiger partial charge in [0.25, 0.3) is 0 Å². The van der Waals surface area contributed by atoms with Crippen LogP contribution in [-0.2, 0) is 6.61 Å². The Morgan fingerprint density at radius 3 is 3.17 bits per heavy atom. The van der Waals surface area contributed by atoms with Gasteiger partial charge in [0.15, 0.2) is 6.10 Å². The summed E-state index contributed by atoms with van der Waals surface area (Å²) in [6.45, 7) is 2.55. The molecule has 18 heavy (non-hydrogen) atoms. The van der Waals surface area contributed by atoms with E-state index in [0.717, 1.165) is 42.5 Å². The van der Waals surface area contributed by atoms with Crippen LogP contribution < -0.4 is 15.0 Å². The van der Waals surface area contributed by atoms with Gasteiger partial charge in [0.05, 0.1) is 25.4 Å². The lowest BCUT2D eigenvalue weighted by atomic mass is 10.1. The molecule has 2 aliphatic rings. The summed E-state index contributed by atoms with van der Waals surface area (Å²) in [6, 6.07) is 5.77. The number of fused-ring (bicyclic) bond motifs is 1. The zero-order chi connectivity index (χ0) is 12.5. The van der Waals surface area contributed by atoms with E-state index in [9.17, 15) is 0 Å². The van der Waals surface area contributed by atoms with E-state index in [1.54, 1.807) is 0 Å². The molecule has 0 radical (unpaired) electrons. The van der Waals surface area contributed by atoms with E-state index < -0.39 is 0 Å². The van der Waals surface area contributed by atoms with E-state index in [-0.39, 0.29) is 12.7 Å². The molecule has 0 bridgehead atoms. The second-order valence-electron chi connectivity index (χ2n) is 4.64. The van der Waals surface area contributed by atoms with Crippen LogP contribution in [0.25, 0.3) is 0 Å². The first-order valence-corrected chi connectivity index (χ1v) is 6.18. The molecule has 0 saturated carbocycles. The number of amidine groups is 1. The van der Waals surface area contributed by atoms with Crippen molar-refractivity contribution in [2.24, 2.45) is 4.99 Å². The molecule has 1 aromatic rings. The van der Waals surface area contributed by atoms with Crippen molar-refractivity contribution in [2.45, 2.75) is 12.7 Å². The Balaban J connectivity index is 1.88. The number of nitrogens with one attached hydrogen (secondary N) is 1. The number of aliphatic hydroxyl groups excluding tert-OH is 1. The lowest BCUT2D eigenvalue weighted by molar-refractivity contribution is 0.254. The van der Waals surface area contributed by atoms with E-state index in [4.69, 9.17) is 9.84 Å². The summed E-state index contributed by atoms with van der Waals surface area (Å²) in [5.41, 5.74) is 1.93. The molecule has 2 N–H and O–H groups in total. The van der Waals surface area contributed by atoms with Crippen molar-refractivity contribution in [1.82, 2.24) is 5.32 Å². The molecule has 1 aromatic carbocycles. The molecule has 1 atom stereocenters. The summed E-state index contributed by atoms with van der Waals surface area (Å²) in [6.07, 6.45) is -0.0232. The predicted octanol–water partition coefficient (Wildman–Crippen LogP) is 0.378. The number of hydrogen-bond acceptors (Lipinski definition) is 5. The Morgan fingerprint density at radius 1 is 1.56 bits per heavy atom. The van der Waals surface area contributed by atoms with E-state index in [1.165, 1.54) is 0 Å². The number of anilines is 1. The number of rotatable bonds is 2. The van der Waals surface area contributed by atoms with Crippen LogP contribution in [0.1, 0.15) is 5.56 Å². The second kappa shape index (κ2) is 4.49. The van der Waals surface area contributed by atoms with Gasteiger partial charge in [-0.3, -0.25) is 4.99 Å². The first kappa shape index (κ1) is 11.3. The van der Waals surface area contributed by atoms with Crippen LogP contribution in [0.2, 0.25) is 0 Å². The minimum absolute atomic E-state index is 0.0232. The number of nitrogens with zero attached hydrogens (tertiary/aromatic N) is 2. The monoisotopic (exact) mass is 247 g/mol. The largest absolute Gasteiger partial charge is 0.478 e. The highest BCUT2D eigenvalue weighted by atomic mass is 16.5. The summed E-state index contributed by atoms with van der Waals surface area (Å²) in [4.78, 5) is 6.56. The number of aliphatic hydroxyl groups is 1. The first-order chi connectivity index (χ1) is 8.78. The Labute approximate surface area is 106 Å². The number of ether oxygens (including phenoxy) is 1. The zero-order valence-electron chi connectivity index (χ0n) is 10.4. The molecule has 96 valence electrons. The van der Waals surface area contributed by atoms with Crippen LogP contribution in [0.5, 0.6) is 5.75 Å². The van der Waals surface area contributed by atoms with E-state index in [2.05, 4.69) is 15.2 Å². The molecule has 5 heteroatoms. The quantitative estimate of drug-likeness (QED) is 0.793. The van der Waals surface area contributed by atoms with Gasteiger partial charge in [-0.15, -0.1) is 0 Å². The average Bonchev–Trinajstić information content (AvgIpc) is 2.92. The minimum Gasteiger partial charge on any atom is -0.478 e. The fourth-order valence-electron chi connectivity index (χ4n) is 2.37. The Morgan fingerprint density at radius 2 is 2.44 bits per heavy atom. The van der Waals surface area contributed by atoms with Crippen LogP contribution in [0.4, 0.5) is 5.69 Å². The summed E-state index contributed by atoms with van der Waals surface area (Å²) in [7, 11) is 2.03. The summed E-state index contributed by atoms with van der Waals surface area (Å²) in [5, 5.41) is 12.4. The SMILES string of the molecule is CN1CC(C2=NCCN2)Oc2ccc(CO)cc21. The number of hydrogen-bond donors (Lipinski definition) is 2. The fraction of sp³-hybridized carbons (Fsp3) is 0.462. The van der Waals surface area contributed by atoms with E-state index in [0.29, 0.717) is 0 Å². The van der Waals surface area contributed by atoms with Crippen molar-refractivity contribution in [3.05, 3.63) is 23.8 Å². The molecule has 2 aliphatic heterocycles. The van der Waals surface area contributed by atoms with Gasteiger partial charge in [-0.05, 0) is 17.7 Å². The summed E-state index contributed by atoms with van der Waals surface area (Å²) >= 11 is 0. The van der Waals surface area contributed by atoms with Crippen LogP contribution >= 0.6 is 0 Å². The van der Waals surface area contributed by atoms with Crippen molar-refractivity contribution in [3.63, 3.8) is 0 Å². The molecule has 3 rings (SSSR count). The lowest BCUT2D eigenvalue weighted by Gasteiger charge is -2.34. The maximum Gasteiger partial charge on any atom is 0.173 e. The lowest BCUT2D eigenvalue weighted by Crippen LogP contribution is -2.46. The smallest absolute Gasteiger partial charge is 0.173 e. The molecule has 0 aliphatic carbocycles. The Kier molecular flexibility index (Phi) is 2.83. The molecule has 1 unspecified atom stereocenters. The minimum atomic E-state index is -0.0232. The van der Waals surface area contributed by atoms with Crippen LogP contribution in [0, 0.1) is 0 Å². The highest BCUT2D eigenvalue weighted by molar-refractivity contribution is 5.89. The van der Waals surface area contributed by atoms with Crippen LogP contribution in [-0.4, -0.2) is 43.7 Å². The summed E-state index contributed by atoms with van der Waals surface area (Å²) < 4.78 is 5.97. The van der Waals surface area contributed by atoms with Gasteiger partial charge in [-0.25, -0.2) is 0 Å². The summed E-state index contributed by atoms with van der Waals surface area (Å²) in [5.74, 6) is 1.79. The van der Waals surface area contributed by atoms with Gasteiger partial charge in [0.2, 0.25) is 0 Å². The third kappa shape index (κ3) is 1.90. The number of likely N-dealkylation sites (N-methyl/N-ethyl adjacent to an activating group) is 1. The first-order valence-electron chi connectivity index (χ1n) is 6.18. The molecule has 0 spiro atoms. The molecular weight excluding hydrogens is 230 g/mol. The van der Waals surface area contributed by atoms with Crippen molar-refractivity contribution in [2.75, 3.05) is 31.6 Å². The third-order valence-electron chi connectivity index (χ3n) is 3.33. The Bertz CT molecular complexity index is 487. The van der Waals surface area contributed by atoms with Crippen molar-refractivity contribution in [1.29, 1.82) is 0 Å². The molecule has 2 heterocycles. The standard InChI is InChI=1S/C13H17N3O2/c1-16-7-12(13-14-4-5-15-13)18-11-3-2-9(8-17)6-10(11)16/h2-3,6,12,17H,4-5,7-8H2,1H3,(H,14,15). The zero-order valence-corrected chi connectivity index (χ0v) is 10.4. The van der Waals surface area contributed by atoms with E-state index in [1.807, 2.05) is 25.2 Å². The maximum absolute atomic E-state index is 9.16. The van der Waals surface area contributed by atoms with Crippen LogP contribution in [0.15, 0.2) is 23.2 Å². The van der Waals surface area contributed by atoms with Gasteiger partial charge in [0.1, 0.15) is 11.6 Å². The van der Waals surface area contributed by atoms with Crippen molar-refractivity contribution < 1.29 is 9.84 Å². The van der Waals surface area contributed by atoms with Gasteiger partial charge in [0, 0.05) is 13.6 Å². The highest BCUT2D eigenvalue weighted by Gasteiger charge is 2.28. The van der Waals surface area contributed by atoms with Gasteiger partial charge >= 0.3 is 0 Å². The highest BCUT2D eigenvalue weighted by Crippen LogP contribution is 2.33. The van der Waals surface area contributed by atoms with Crippen molar-refractivity contribution >= 4 is 11.5 Å². The van der Waals surface area contributed by atoms with Crippen molar-refractivity contribution in [3.8, 4) is 5.75 Å². The average molecular weight is 247 g/mol. The van der Waals surface area contributed by atoms with E-state index >= 15 is 0 Å². The molecule has 0 aromatic heterocycles. The molecule has 0 fully saturated rings. The van der Waals surface area contributed by atoms with Crippen LogP contribution in [0.3, 0.4) is 0 Å². The van der Waals surface area contributed by atoms with Gasteiger partial charge in [-0.1, -0.05) is 6.07 Å². The number of benzene rings is 1. The van der Waals surface area contributed by atoms with Gasteiger partial charge < -0.3 is 20.1 Å². The normalized spacial score (nSPS) is 22.0. The maximum atomic E-state index is 9.16. The second-order valence-corrected chi connectivity index (χ2v) is 4.64. The Hall–Kier alpha value is -1.75. The molecule has 0 amide bonds. The number of aliphatic imine (C=N–C) groups is 1. The topological polar surface area (TPSA) is 57.1 Å². The molecule has 0 saturated heterocycles. The fourth-order valence-corrected chi connectivity index (χ4v) is 2.37. The molecule has 5 nitrogen and oxygen atoms in total. The third-order valence-corrected chi connectivity index (χ3v) is 3.33.